The van der Waals surface area contributed by atoms with Gasteiger partial charge in [-0.15, -0.1) is 0 Å². The number of carbonyl (C=O) groups is 1. The van der Waals surface area contributed by atoms with E-state index in [9.17, 15) is 14.9 Å². The van der Waals surface area contributed by atoms with Crippen molar-refractivity contribution >= 4 is 17.3 Å². The number of rotatable bonds is 5. The van der Waals surface area contributed by atoms with Crippen LogP contribution in [0.4, 0.5) is 11.4 Å². The van der Waals surface area contributed by atoms with Crippen LogP contribution in [0.5, 0.6) is 5.75 Å². The molecule has 0 atom stereocenters. The molecule has 19 heavy (non-hydrogen) atoms. The summed E-state index contributed by atoms with van der Waals surface area (Å²) in [5.74, 6) is -0.0170. The van der Waals surface area contributed by atoms with E-state index in [-0.39, 0.29) is 17.3 Å². The fraction of sp³-hybridized carbons (Fsp3) is 0.417. The zero-order chi connectivity index (χ0) is 14.6. The second kappa shape index (κ2) is 5.66. The van der Waals surface area contributed by atoms with Gasteiger partial charge in [0, 0.05) is 6.07 Å². The fourth-order valence-corrected chi connectivity index (χ4v) is 1.29. The third-order valence-electron chi connectivity index (χ3n) is 2.84. The summed E-state index contributed by atoms with van der Waals surface area (Å²) in [7, 11) is 3.06. The summed E-state index contributed by atoms with van der Waals surface area (Å²) in [6.07, 6.45) is 0. The maximum atomic E-state index is 12.0. The number of nitro benzene ring substituents is 1. The summed E-state index contributed by atoms with van der Waals surface area (Å²) < 4.78 is 5.04. The fourth-order valence-electron chi connectivity index (χ4n) is 1.29. The minimum Gasteiger partial charge on any atom is -0.494 e. The largest absolute Gasteiger partial charge is 0.494 e. The van der Waals surface area contributed by atoms with Crippen LogP contribution < -0.4 is 15.4 Å². The Morgan fingerprint density at radius 1 is 1.42 bits per heavy atom. The van der Waals surface area contributed by atoms with Gasteiger partial charge in [0.25, 0.3) is 5.69 Å². The van der Waals surface area contributed by atoms with Crippen LogP contribution in [0.1, 0.15) is 13.8 Å². The molecule has 0 fully saturated rings. The lowest BCUT2D eigenvalue weighted by Gasteiger charge is -2.23. The first kappa shape index (κ1) is 14.9. The molecular formula is C12H17N3O4. The molecule has 0 unspecified atom stereocenters. The third kappa shape index (κ3) is 3.41. The summed E-state index contributed by atoms with van der Waals surface area (Å²) in [6, 6.07) is 4.02. The number of benzene rings is 1. The number of nitrogens with one attached hydrogen (secondary N) is 2. The van der Waals surface area contributed by atoms with Gasteiger partial charge in [-0.1, -0.05) is 0 Å². The molecule has 0 spiro atoms. The number of ether oxygens (including phenoxy) is 1. The molecule has 2 N–H and O–H groups in total. The Kier molecular flexibility index (Phi) is 4.44. The van der Waals surface area contributed by atoms with Gasteiger partial charge in [-0.2, -0.15) is 0 Å². The molecule has 1 rings (SSSR count). The minimum atomic E-state index is -0.757. The lowest BCUT2D eigenvalue weighted by Crippen LogP contribution is -2.47. The first-order valence-electron chi connectivity index (χ1n) is 5.64. The topological polar surface area (TPSA) is 93.5 Å². The highest BCUT2D eigenvalue weighted by Gasteiger charge is 2.26. The number of amides is 1. The summed E-state index contributed by atoms with van der Waals surface area (Å²) in [6.45, 7) is 3.44. The molecule has 0 bridgehead atoms. The van der Waals surface area contributed by atoms with Crippen molar-refractivity contribution in [2.24, 2.45) is 0 Å². The van der Waals surface area contributed by atoms with Crippen molar-refractivity contribution < 1.29 is 14.5 Å². The highest BCUT2D eigenvalue weighted by atomic mass is 16.6. The van der Waals surface area contributed by atoms with Crippen LogP contribution in [0.15, 0.2) is 18.2 Å². The zero-order valence-corrected chi connectivity index (χ0v) is 11.3. The van der Waals surface area contributed by atoms with E-state index in [2.05, 4.69) is 10.6 Å². The number of nitro groups is 1. The SMILES string of the molecule is CNC(C)(C)C(=O)Nc1ccc([N+](=O)[O-])cc1OC. The summed E-state index contributed by atoms with van der Waals surface area (Å²) in [4.78, 5) is 22.1. The molecule has 7 heteroatoms. The summed E-state index contributed by atoms with van der Waals surface area (Å²) in [5.41, 5.74) is -0.462. The smallest absolute Gasteiger partial charge is 0.273 e. The number of likely N-dealkylation sites (N-methyl/N-ethyl adjacent to an activating group) is 1. The van der Waals surface area contributed by atoms with Crippen molar-refractivity contribution in [2.45, 2.75) is 19.4 Å². The monoisotopic (exact) mass is 267 g/mol. The molecule has 1 amide bonds. The number of nitrogens with zero attached hydrogens (tertiary/aromatic N) is 1. The highest BCUT2D eigenvalue weighted by Crippen LogP contribution is 2.29. The standard InChI is InChI=1S/C12H17N3O4/c1-12(2,13-3)11(16)14-9-6-5-8(15(17)18)7-10(9)19-4/h5-7,13H,1-4H3,(H,14,16). The lowest BCUT2D eigenvalue weighted by molar-refractivity contribution is -0.384. The predicted molar refractivity (Wildman–Crippen MR) is 71.4 cm³/mol. The van der Waals surface area contributed by atoms with Crippen LogP contribution in [0.25, 0.3) is 0 Å². The van der Waals surface area contributed by atoms with Crippen LogP contribution in [0.2, 0.25) is 0 Å². The van der Waals surface area contributed by atoms with Gasteiger partial charge in [-0.05, 0) is 27.0 Å². The first-order valence-corrected chi connectivity index (χ1v) is 5.64. The van der Waals surface area contributed by atoms with Crippen LogP contribution in [0, 0.1) is 10.1 Å². The first-order chi connectivity index (χ1) is 8.81. The van der Waals surface area contributed by atoms with Crippen molar-refractivity contribution in [1.82, 2.24) is 5.32 Å². The van der Waals surface area contributed by atoms with Crippen LogP contribution in [0.3, 0.4) is 0 Å². The van der Waals surface area contributed by atoms with Gasteiger partial charge >= 0.3 is 0 Å². The number of non-ortho nitro benzene ring substituents is 1. The van der Waals surface area contributed by atoms with E-state index in [1.165, 1.54) is 25.3 Å². The van der Waals surface area contributed by atoms with E-state index >= 15 is 0 Å². The van der Waals surface area contributed by atoms with Crippen molar-refractivity contribution in [1.29, 1.82) is 0 Å². The van der Waals surface area contributed by atoms with E-state index in [1.807, 2.05) is 0 Å². The molecular weight excluding hydrogens is 250 g/mol. The highest BCUT2D eigenvalue weighted by molar-refractivity contribution is 5.98. The summed E-state index contributed by atoms with van der Waals surface area (Å²) >= 11 is 0. The van der Waals surface area contributed by atoms with E-state index in [0.717, 1.165) is 0 Å². The molecule has 0 aliphatic heterocycles. The van der Waals surface area contributed by atoms with E-state index < -0.39 is 10.5 Å². The molecule has 0 aliphatic carbocycles. The molecule has 1 aromatic rings. The summed E-state index contributed by atoms with van der Waals surface area (Å²) in [5, 5.41) is 16.2. The lowest BCUT2D eigenvalue weighted by atomic mass is 10.1. The van der Waals surface area contributed by atoms with Gasteiger partial charge in [-0.3, -0.25) is 14.9 Å². The molecule has 0 radical (unpaired) electrons. The second-order valence-corrected chi connectivity index (χ2v) is 4.47. The third-order valence-corrected chi connectivity index (χ3v) is 2.84. The zero-order valence-electron chi connectivity index (χ0n) is 11.3. The molecule has 0 saturated carbocycles. The van der Waals surface area contributed by atoms with Crippen molar-refractivity contribution in [3.8, 4) is 5.75 Å². The average Bonchev–Trinajstić information content (AvgIpc) is 2.38. The van der Waals surface area contributed by atoms with E-state index in [0.29, 0.717) is 5.69 Å². The van der Waals surface area contributed by atoms with Gasteiger partial charge in [-0.25, -0.2) is 0 Å². The van der Waals surface area contributed by atoms with Gasteiger partial charge < -0.3 is 15.4 Å². The van der Waals surface area contributed by atoms with Crippen molar-refractivity contribution in [3.05, 3.63) is 28.3 Å². The number of hydrogen-bond acceptors (Lipinski definition) is 5. The molecule has 0 saturated heterocycles. The Hall–Kier alpha value is -2.15. The molecule has 0 heterocycles. The number of hydrogen-bond donors (Lipinski definition) is 2. The predicted octanol–water partition coefficient (Wildman–Crippen LogP) is 1.54. The maximum absolute atomic E-state index is 12.0. The number of anilines is 1. The van der Waals surface area contributed by atoms with Gasteiger partial charge in [0.05, 0.1) is 29.3 Å². The Labute approximate surface area is 111 Å². The van der Waals surface area contributed by atoms with Crippen molar-refractivity contribution in [2.75, 3.05) is 19.5 Å². The molecule has 1 aromatic carbocycles. The van der Waals surface area contributed by atoms with E-state index in [4.69, 9.17) is 4.74 Å². The number of carbonyl (C=O) groups excluding carboxylic acids is 1. The van der Waals surface area contributed by atoms with Crippen LogP contribution >= 0.6 is 0 Å². The normalized spacial score (nSPS) is 10.9. The van der Waals surface area contributed by atoms with Crippen molar-refractivity contribution in [3.63, 3.8) is 0 Å². The van der Waals surface area contributed by atoms with Crippen LogP contribution in [-0.2, 0) is 4.79 Å². The van der Waals surface area contributed by atoms with Crippen LogP contribution in [-0.4, -0.2) is 30.5 Å². The molecule has 7 nitrogen and oxygen atoms in total. The van der Waals surface area contributed by atoms with Gasteiger partial charge in [0.2, 0.25) is 5.91 Å². The molecule has 0 aliphatic rings. The second-order valence-electron chi connectivity index (χ2n) is 4.47. The van der Waals surface area contributed by atoms with E-state index in [1.54, 1.807) is 20.9 Å². The Balaban J connectivity index is 3.02. The molecule has 104 valence electrons. The number of methoxy groups -OCH3 is 1. The quantitative estimate of drug-likeness (QED) is 0.623. The minimum absolute atomic E-state index is 0.0947. The Morgan fingerprint density at radius 3 is 2.53 bits per heavy atom. The Morgan fingerprint density at radius 2 is 2.05 bits per heavy atom. The Bertz CT molecular complexity index is 500. The average molecular weight is 267 g/mol. The molecule has 0 aromatic heterocycles. The van der Waals surface area contributed by atoms with Gasteiger partial charge in [0.15, 0.2) is 0 Å². The maximum Gasteiger partial charge on any atom is 0.273 e. The van der Waals surface area contributed by atoms with Gasteiger partial charge in [0.1, 0.15) is 5.75 Å².